The third-order valence-electron chi connectivity index (χ3n) is 6.25. The number of nitrogens with zero attached hydrogens (tertiary/aromatic N) is 3. The molecule has 2 aliphatic rings. The molecular weight excluding hydrogens is 556 g/mol. The summed E-state index contributed by atoms with van der Waals surface area (Å²) in [6.45, 7) is 8.48. The maximum Gasteiger partial charge on any atom is 0.490 e. The van der Waals surface area contributed by atoms with Crippen molar-refractivity contribution < 1.29 is 60.4 Å². The molecule has 0 aromatic carbocycles. The predicted octanol–water partition coefficient (Wildman–Crippen LogP) is 3.07. The standard InChI is InChI=1S/C20H31N3O3.2C2HF3O2/c1-3-26-19(24)20-7-5-9-22(13-17-6-4-8-21-12-17)14-18(20)15-23(16-20)10-11-25-2;2*3-2(4,5)1(6)7/h4,6,8,12,18H,3,5,7,9-11,13-16H2,1-2H3;2*(H,6,7)/t18-,20-;;/m0../s1. The molecule has 2 atom stereocenters. The Bertz CT molecular complexity index is 925. The lowest BCUT2D eigenvalue weighted by Crippen LogP contribution is -2.42. The van der Waals surface area contributed by atoms with Gasteiger partial charge in [-0.2, -0.15) is 26.3 Å². The number of hydrogen-bond donors (Lipinski definition) is 2. The molecule has 0 spiro atoms. The summed E-state index contributed by atoms with van der Waals surface area (Å²) in [6, 6.07) is 4.11. The minimum atomic E-state index is -5.08. The molecule has 10 nitrogen and oxygen atoms in total. The van der Waals surface area contributed by atoms with E-state index in [0.717, 1.165) is 52.1 Å². The van der Waals surface area contributed by atoms with Crippen LogP contribution in [-0.4, -0.2) is 108 Å². The molecule has 0 saturated carbocycles. The molecule has 2 N–H and O–H groups in total. The van der Waals surface area contributed by atoms with Gasteiger partial charge in [-0.1, -0.05) is 6.07 Å². The summed E-state index contributed by atoms with van der Waals surface area (Å²) in [4.78, 5) is 39.8. The van der Waals surface area contributed by atoms with Crippen molar-refractivity contribution in [3.63, 3.8) is 0 Å². The number of esters is 1. The normalized spacial score (nSPS) is 21.6. The molecule has 3 rings (SSSR count). The highest BCUT2D eigenvalue weighted by Gasteiger charge is 2.53. The van der Waals surface area contributed by atoms with Gasteiger partial charge in [0.25, 0.3) is 0 Å². The minimum absolute atomic E-state index is 0.00635. The van der Waals surface area contributed by atoms with Crippen molar-refractivity contribution in [3.8, 4) is 0 Å². The van der Waals surface area contributed by atoms with Gasteiger partial charge in [0.1, 0.15) is 0 Å². The first kappa shape index (κ1) is 35.0. The number of ether oxygens (including phenoxy) is 2. The fourth-order valence-electron chi connectivity index (χ4n) is 4.51. The van der Waals surface area contributed by atoms with Gasteiger partial charge < -0.3 is 19.7 Å². The van der Waals surface area contributed by atoms with E-state index < -0.39 is 24.3 Å². The van der Waals surface area contributed by atoms with Gasteiger partial charge in [0, 0.05) is 58.1 Å². The van der Waals surface area contributed by atoms with Crippen LogP contribution >= 0.6 is 0 Å². The van der Waals surface area contributed by atoms with Gasteiger partial charge in [-0.15, -0.1) is 0 Å². The molecular formula is C24H33F6N3O7. The first-order valence-electron chi connectivity index (χ1n) is 12.2. The SMILES string of the molecule is CCOC(=O)[C@]12CCCN(Cc3cccnc3)C[C@H]1CN(CCOC)C2.O=C(O)C(F)(F)F.O=C(O)C(F)(F)F. The second-order valence-electron chi connectivity index (χ2n) is 9.11. The van der Waals surface area contributed by atoms with E-state index in [9.17, 15) is 31.1 Å². The zero-order valence-electron chi connectivity index (χ0n) is 22.0. The van der Waals surface area contributed by atoms with Gasteiger partial charge in [0.15, 0.2) is 0 Å². The molecule has 0 bridgehead atoms. The molecule has 2 aliphatic heterocycles. The monoisotopic (exact) mass is 589 g/mol. The van der Waals surface area contributed by atoms with Crippen LogP contribution in [0.3, 0.4) is 0 Å². The summed E-state index contributed by atoms with van der Waals surface area (Å²) < 4.78 is 74.2. The Hall–Kier alpha value is -2.98. The third-order valence-corrected chi connectivity index (χ3v) is 6.25. The number of hydrogen-bond acceptors (Lipinski definition) is 8. The van der Waals surface area contributed by atoms with Crippen LogP contribution < -0.4 is 0 Å². The van der Waals surface area contributed by atoms with Crippen molar-refractivity contribution in [2.24, 2.45) is 11.3 Å². The molecule has 0 aliphatic carbocycles. The number of rotatable bonds is 7. The number of aromatic nitrogens is 1. The fraction of sp³-hybridized carbons (Fsp3) is 0.667. The summed E-state index contributed by atoms with van der Waals surface area (Å²) in [5, 5.41) is 14.2. The van der Waals surface area contributed by atoms with Gasteiger partial charge in [-0.05, 0) is 37.9 Å². The van der Waals surface area contributed by atoms with Crippen LogP contribution in [0.5, 0.6) is 0 Å². The van der Waals surface area contributed by atoms with E-state index in [0.29, 0.717) is 19.1 Å². The lowest BCUT2D eigenvalue weighted by atomic mass is 9.75. The Morgan fingerprint density at radius 1 is 1.07 bits per heavy atom. The number of pyridine rings is 1. The average molecular weight is 590 g/mol. The lowest BCUT2D eigenvalue weighted by Gasteiger charge is -2.31. The topological polar surface area (TPSA) is 130 Å². The largest absolute Gasteiger partial charge is 0.490 e. The third kappa shape index (κ3) is 11.3. The zero-order valence-corrected chi connectivity index (χ0v) is 22.0. The zero-order chi connectivity index (χ0) is 30.6. The van der Waals surface area contributed by atoms with Crippen molar-refractivity contribution in [3.05, 3.63) is 30.1 Å². The van der Waals surface area contributed by atoms with Crippen LogP contribution in [0, 0.1) is 11.3 Å². The number of methoxy groups -OCH3 is 1. The number of alkyl halides is 6. The summed E-state index contributed by atoms with van der Waals surface area (Å²) in [5.74, 6) is -5.22. The molecule has 228 valence electrons. The Balaban J connectivity index is 0.000000473. The van der Waals surface area contributed by atoms with E-state index >= 15 is 0 Å². The van der Waals surface area contributed by atoms with Crippen molar-refractivity contribution >= 4 is 17.9 Å². The van der Waals surface area contributed by atoms with E-state index in [1.165, 1.54) is 5.56 Å². The van der Waals surface area contributed by atoms with Gasteiger partial charge in [0.2, 0.25) is 0 Å². The number of carbonyl (C=O) groups is 3. The second-order valence-corrected chi connectivity index (χ2v) is 9.11. The predicted molar refractivity (Wildman–Crippen MR) is 127 cm³/mol. The van der Waals surface area contributed by atoms with Crippen molar-refractivity contribution in [2.45, 2.75) is 38.7 Å². The van der Waals surface area contributed by atoms with E-state index in [1.54, 1.807) is 7.11 Å². The molecule has 0 unspecified atom stereocenters. The van der Waals surface area contributed by atoms with Crippen molar-refractivity contribution in [1.29, 1.82) is 0 Å². The van der Waals surface area contributed by atoms with Crippen LogP contribution in [0.4, 0.5) is 26.3 Å². The van der Waals surface area contributed by atoms with E-state index in [-0.39, 0.29) is 11.4 Å². The fourth-order valence-corrected chi connectivity index (χ4v) is 4.51. The quantitative estimate of drug-likeness (QED) is 0.362. The maximum atomic E-state index is 12.9. The molecule has 0 radical (unpaired) electrons. The smallest absolute Gasteiger partial charge is 0.475 e. The summed E-state index contributed by atoms with van der Waals surface area (Å²) in [7, 11) is 1.73. The Morgan fingerprint density at radius 2 is 1.65 bits per heavy atom. The molecule has 1 aromatic heterocycles. The first-order chi connectivity index (χ1) is 18.6. The molecule has 40 heavy (non-hydrogen) atoms. The number of fused-ring (bicyclic) bond motifs is 1. The first-order valence-corrected chi connectivity index (χ1v) is 12.2. The summed E-state index contributed by atoms with van der Waals surface area (Å²) in [5.41, 5.74) is 0.860. The van der Waals surface area contributed by atoms with Gasteiger partial charge in [-0.25, -0.2) is 9.59 Å². The highest BCUT2D eigenvalue weighted by molar-refractivity contribution is 5.78. The average Bonchev–Trinajstić information content (AvgIpc) is 3.12. The Kier molecular flexibility index (Phi) is 13.8. The van der Waals surface area contributed by atoms with Crippen LogP contribution in [0.1, 0.15) is 25.3 Å². The molecule has 16 heteroatoms. The van der Waals surface area contributed by atoms with E-state index in [2.05, 4.69) is 20.9 Å². The number of carboxylic acid groups (broad SMARTS) is 2. The number of likely N-dealkylation sites (tertiary alicyclic amines) is 2. The molecule has 0 amide bonds. The van der Waals surface area contributed by atoms with Crippen molar-refractivity contribution in [1.82, 2.24) is 14.8 Å². The lowest BCUT2D eigenvalue weighted by molar-refractivity contribution is -0.193. The van der Waals surface area contributed by atoms with Crippen molar-refractivity contribution in [2.75, 3.05) is 53.0 Å². The summed E-state index contributed by atoms with van der Waals surface area (Å²) >= 11 is 0. The van der Waals surface area contributed by atoms with Gasteiger partial charge in [-0.3, -0.25) is 19.6 Å². The molecule has 2 fully saturated rings. The highest BCUT2D eigenvalue weighted by atomic mass is 19.4. The van der Waals surface area contributed by atoms with Gasteiger partial charge >= 0.3 is 30.3 Å². The Morgan fingerprint density at radius 3 is 2.12 bits per heavy atom. The molecule has 2 saturated heterocycles. The highest BCUT2D eigenvalue weighted by Crippen LogP contribution is 2.43. The number of carbonyl (C=O) groups excluding carboxylic acids is 1. The maximum absolute atomic E-state index is 12.9. The van der Waals surface area contributed by atoms with Crippen LogP contribution in [0.15, 0.2) is 24.5 Å². The van der Waals surface area contributed by atoms with Crippen LogP contribution in [-0.2, 0) is 30.4 Å². The Labute approximate surface area is 226 Å². The van der Waals surface area contributed by atoms with Gasteiger partial charge in [0.05, 0.1) is 18.6 Å². The second kappa shape index (κ2) is 15.7. The van der Waals surface area contributed by atoms with E-state index in [1.807, 2.05) is 25.4 Å². The molecule has 1 aromatic rings. The molecule has 3 heterocycles. The number of aliphatic carboxylic acids is 2. The minimum Gasteiger partial charge on any atom is -0.475 e. The van der Waals surface area contributed by atoms with E-state index in [4.69, 9.17) is 29.3 Å². The van der Waals surface area contributed by atoms with Crippen LogP contribution in [0.2, 0.25) is 0 Å². The number of carboxylic acids is 2. The van der Waals surface area contributed by atoms with Crippen LogP contribution in [0.25, 0.3) is 0 Å². The number of halogens is 6. The summed E-state index contributed by atoms with van der Waals surface area (Å²) in [6.07, 6.45) is -4.50.